The number of ether oxygens (including phenoxy) is 1. The van der Waals surface area contributed by atoms with Crippen LogP contribution in [0.3, 0.4) is 0 Å². The Labute approximate surface area is 165 Å². The van der Waals surface area contributed by atoms with Crippen LogP contribution in [0.2, 0.25) is 0 Å². The van der Waals surface area contributed by atoms with Gasteiger partial charge in [0.25, 0.3) is 0 Å². The summed E-state index contributed by atoms with van der Waals surface area (Å²) in [7, 11) is 1.43. The second kappa shape index (κ2) is 9.02. The van der Waals surface area contributed by atoms with Crippen molar-refractivity contribution in [3.8, 4) is 5.69 Å². The van der Waals surface area contributed by atoms with E-state index in [-0.39, 0.29) is 5.82 Å². The zero-order chi connectivity index (χ0) is 20.1. The Kier molecular flexibility index (Phi) is 6.47. The number of hydrogen-bond donors (Lipinski definition) is 2. The summed E-state index contributed by atoms with van der Waals surface area (Å²) in [6.45, 7) is 4.03. The molecule has 0 aliphatic carbocycles. The van der Waals surface area contributed by atoms with Crippen LogP contribution < -0.4 is 15.5 Å². The summed E-state index contributed by atoms with van der Waals surface area (Å²) in [5, 5.41) is 12.8. The van der Waals surface area contributed by atoms with E-state index in [9.17, 15) is 14.0 Å². The minimum absolute atomic E-state index is 0.388. The van der Waals surface area contributed by atoms with Gasteiger partial charge in [-0.2, -0.15) is 0 Å². The quantitative estimate of drug-likeness (QED) is 0.717. The van der Waals surface area contributed by atoms with Crippen molar-refractivity contribution in [1.82, 2.24) is 25.4 Å². The van der Waals surface area contributed by atoms with Crippen LogP contribution >= 0.6 is 11.8 Å². The Morgan fingerprint density at radius 3 is 2.71 bits per heavy atom. The molecular formula is C17H21FN6O3S. The highest BCUT2D eigenvalue weighted by molar-refractivity contribution is 8.00. The molecule has 0 radical (unpaired) electrons. The summed E-state index contributed by atoms with van der Waals surface area (Å²) in [6.07, 6.45) is 0. The fraction of sp³-hybridized carbons (Fsp3) is 0.412. The molecule has 1 aromatic carbocycles. The van der Waals surface area contributed by atoms with Crippen LogP contribution in [0.5, 0.6) is 0 Å². The van der Waals surface area contributed by atoms with Gasteiger partial charge in [-0.1, -0.05) is 17.8 Å². The van der Waals surface area contributed by atoms with Crippen LogP contribution in [0, 0.1) is 5.82 Å². The zero-order valence-corrected chi connectivity index (χ0v) is 16.3. The SMILES string of the molecule is CNC(=O)NC(=O)[C@H](C)Sc1nnc(N2CCOCC2)n1-c1cccc(F)c1. The van der Waals surface area contributed by atoms with Crippen molar-refractivity contribution in [2.75, 3.05) is 38.3 Å². The summed E-state index contributed by atoms with van der Waals surface area (Å²) in [6, 6.07) is 5.50. The third kappa shape index (κ3) is 4.60. The maximum atomic E-state index is 13.8. The fourth-order valence-corrected chi connectivity index (χ4v) is 3.50. The van der Waals surface area contributed by atoms with E-state index < -0.39 is 17.2 Å². The molecule has 28 heavy (non-hydrogen) atoms. The van der Waals surface area contributed by atoms with E-state index in [1.54, 1.807) is 23.6 Å². The molecule has 1 fully saturated rings. The average Bonchev–Trinajstić information content (AvgIpc) is 3.12. The number of carbonyl (C=O) groups excluding carboxylic acids is 2. The second-order valence-electron chi connectivity index (χ2n) is 6.03. The minimum atomic E-state index is -0.619. The number of amides is 3. The van der Waals surface area contributed by atoms with Gasteiger partial charge in [0.15, 0.2) is 5.16 Å². The van der Waals surface area contributed by atoms with Gasteiger partial charge >= 0.3 is 6.03 Å². The summed E-state index contributed by atoms with van der Waals surface area (Å²) in [5.41, 5.74) is 0.549. The summed E-state index contributed by atoms with van der Waals surface area (Å²) in [4.78, 5) is 25.6. The maximum absolute atomic E-state index is 13.8. The van der Waals surface area contributed by atoms with Gasteiger partial charge in [0, 0.05) is 20.1 Å². The van der Waals surface area contributed by atoms with Gasteiger partial charge < -0.3 is 15.0 Å². The van der Waals surface area contributed by atoms with E-state index >= 15 is 0 Å². The highest BCUT2D eigenvalue weighted by Gasteiger charge is 2.25. The lowest BCUT2D eigenvalue weighted by molar-refractivity contribution is -0.119. The maximum Gasteiger partial charge on any atom is 0.321 e. The highest BCUT2D eigenvalue weighted by Crippen LogP contribution is 2.30. The first-order valence-corrected chi connectivity index (χ1v) is 9.61. The van der Waals surface area contributed by atoms with E-state index in [4.69, 9.17) is 4.74 Å². The monoisotopic (exact) mass is 408 g/mol. The number of aromatic nitrogens is 3. The Bertz CT molecular complexity index is 855. The number of halogens is 1. The molecule has 1 aliphatic heterocycles. The number of urea groups is 1. The topological polar surface area (TPSA) is 101 Å². The van der Waals surface area contributed by atoms with Gasteiger partial charge in [-0.25, -0.2) is 9.18 Å². The molecule has 0 spiro atoms. The second-order valence-corrected chi connectivity index (χ2v) is 7.33. The molecule has 0 unspecified atom stereocenters. The number of carbonyl (C=O) groups is 2. The first kappa shape index (κ1) is 20.1. The predicted octanol–water partition coefficient (Wildman–Crippen LogP) is 1.18. The Morgan fingerprint density at radius 1 is 1.29 bits per heavy atom. The molecule has 2 heterocycles. The highest BCUT2D eigenvalue weighted by atomic mass is 32.2. The number of anilines is 1. The number of thioether (sulfide) groups is 1. The largest absolute Gasteiger partial charge is 0.378 e. The molecule has 3 rings (SSSR count). The number of rotatable bonds is 5. The molecule has 9 nitrogen and oxygen atoms in total. The Hall–Kier alpha value is -2.66. The van der Waals surface area contributed by atoms with Gasteiger partial charge in [0.2, 0.25) is 11.9 Å². The van der Waals surface area contributed by atoms with Gasteiger partial charge in [-0.05, 0) is 25.1 Å². The summed E-state index contributed by atoms with van der Waals surface area (Å²) >= 11 is 1.13. The molecule has 1 atom stereocenters. The van der Waals surface area contributed by atoms with Crippen LogP contribution in [-0.2, 0) is 9.53 Å². The number of hydrogen-bond acceptors (Lipinski definition) is 7. The first-order valence-electron chi connectivity index (χ1n) is 8.73. The molecule has 1 aliphatic rings. The lowest BCUT2D eigenvalue weighted by Gasteiger charge is -2.28. The van der Waals surface area contributed by atoms with Crippen molar-refractivity contribution in [2.45, 2.75) is 17.3 Å². The molecular weight excluding hydrogens is 387 g/mol. The molecule has 11 heteroatoms. The van der Waals surface area contributed by atoms with Crippen molar-refractivity contribution < 1.29 is 18.7 Å². The predicted molar refractivity (Wildman–Crippen MR) is 102 cm³/mol. The molecule has 1 aromatic heterocycles. The standard InChI is InChI=1S/C17H21FN6O3S/c1-11(14(25)20-15(26)19-2)28-17-22-21-16(23-6-8-27-9-7-23)24(17)13-5-3-4-12(18)10-13/h3-5,10-11H,6-9H2,1-2H3,(H2,19,20,25,26)/t11-/m0/s1. The number of nitrogens with one attached hydrogen (secondary N) is 2. The van der Waals surface area contributed by atoms with Crippen molar-refractivity contribution >= 4 is 29.6 Å². The zero-order valence-electron chi connectivity index (χ0n) is 15.5. The fourth-order valence-electron chi connectivity index (χ4n) is 2.64. The van der Waals surface area contributed by atoms with Crippen molar-refractivity contribution in [3.63, 3.8) is 0 Å². The molecule has 2 aromatic rings. The van der Waals surface area contributed by atoms with Crippen LogP contribution in [-0.4, -0.2) is 65.3 Å². The number of nitrogens with zero attached hydrogens (tertiary/aromatic N) is 4. The van der Waals surface area contributed by atoms with Crippen molar-refractivity contribution in [1.29, 1.82) is 0 Å². The van der Waals surface area contributed by atoms with E-state index in [2.05, 4.69) is 20.8 Å². The van der Waals surface area contributed by atoms with E-state index in [1.165, 1.54) is 19.2 Å². The van der Waals surface area contributed by atoms with E-state index in [0.717, 1.165) is 11.8 Å². The van der Waals surface area contributed by atoms with Gasteiger partial charge in [-0.3, -0.25) is 14.7 Å². The molecule has 0 saturated carbocycles. The number of imide groups is 1. The van der Waals surface area contributed by atoms with Crippen molar-refractivity contribution in [2.24, 2.45) is 0 Å². The summed E-state index contributed by atoms with van der Waals surface area (Å²) < 4.78 is 20.9. The average molecular weight is 408 g/mol. The Balaban J connectivity index is 1.91. The number of morpholine rings is 1. The third-order valence-electron chi connectivity index (χ3n) is 4.09. The minimum Gasteiger partial charge on any atom is -0.378 e. The van der Waals surface area contributed by atoms with Crippen molar-refractivity contribution in [3.05, 3.63) is 30.1 Å². The molecule has 3 amide bonds. The van der Waals surface area contributed by atoms with Gasteiger partial charge in [-0.15, -0.1) is 10.2 Å². The third-order valence-corrected chi connectivity index (χ3v) is 5.13. The van der Waals surface area contributed by atoms with E-state index in [0.29, 0.717) is 43.1 Å². The van der Waals surface area contributed by atoms with Gasteiger partial charge in [0.05, 0.1) is 24.2 Å². The molecule has 150 valence electrons. The molecule has 1 saturated heterocycles. The smallest absolute Gasteiger partial charge is 0.321 e. The molecule has 2 N–H and O–H groups in total. The first-order chi connectivity index (χ1) is 13.5. The summed E-state index contributed by atoms with van der Waals surface area (Å²) in [5.74, 6) is -0.304. The normalized spacial score (nSPS) is 15.2. The lowest BCUT2D eigenvalue weighted by atomic mass is 10.3. The van der Waals surface area contributed by atoms with Crippen LogP contribution in [0.1, 0.15) is 6.92 Å². The van der Waals surface area contributed by atoms with Crippen LogP contribution in [0.15, 0.2) is 29.4 Å². The Morgan fingerprint density at radius 2 is 2.04 bits per heavy atom. The van der Waals surface area contributed by atoms with E-state index in [1.807, 2.05) is 4.90 Å². The van der Waals surface area contributed by atoms with Crippen LogP contribution in [0.4, 0.5) is 15.1 Å². The van der Waals surface area contributed by atoms with Gasteiger partial charge in [0.1, 0.15) is 5.82 Å². The molecule has 0 bridgehead atoms. The lowest BCUT2D eigenvalue weighted by Crippen LogP contribution is -2.41. The van der Waals surface area contributed by atoms with Crippen LogP contribution in [0.25, 0.3) is 5.69 Å². The number of benzene rings is 1.